The molecule has 7 aromatic carbocycles. The second-order valence-corrected chi connectivity index (χ2v) is 12.8. The highest BCUT2D eigenvalue weighted by Gasteiger charge is 2.16. The maximum absolute atomic E-state index is 5.14. The van der Waals surface area contributed by atoms with Gasteiger partial charge >= 0.3 is 0 Å². The Balaban J connectivity index is 1.18. The Morgan fingerprint density at radius 1 is 0.319 bits per heavy atom. The predicted molar refractivity (Wildman–Crippen MR) is 197 cm³/mol. The van der Waals surface area contributed by atoms with Crippen LogP contribution >= 0.6 is 11.3 Å². The summed E-state index contributed by atoms with van der Waals surface area (Å²) >= 11 is 1.83. The van der Waals surface area contributed by atoms with Gasteiger partial charge in [-0.3, -0.25) is 0 Å². The Morgan fingerprint density at radius 2 is 0.894 bits per heavy atom. The van der Waals surface area contributed by atoms with Crippen LogP contribution in [0.5, 0.6) is 0 Å². The fourth-order valence-corrected chi connectivity index (χ4v) is 7.48. The SMILES string of the molecule is c1ccc(-c2ccc(-c3cccc(-c4nc(-c5ccccc5)nc(-c5cccc6cc7c(cc56)sc5ccccc57)n4)c3)cc2)cc1. The van der Waals surface area contributed by atoms with Crippen LogP contribution in [0.15, 0.2) is 164 Å². The van der Waals surface area contributed by atoms with E-state index in [1.54, 1.807) is 0 Å². The lowest BCUT2D eigenvalue weighted by Crippen LogP contribution is -2.00. The molecule has 0 atom stereocenters. The molecule has 9 rings (SSSR count). The van der Waals surface area contributed by atoms with Crippen LogP contribution in [0.1, 0.15) is 0 Å². The van der Waals surface area contributed by atoms with Crippen molar-refractivity contribution in [3.05, 3.63) is 164 Å². The summed E-state index contributed by atoms with van der Waals surface area (Å²) in [6.07, 6.45) is 0. The zero-order valence-electron chi connectivity index (χ0n) is 25.3. The normalized spacial score (nSPS) is 11.4. The molecule has 3 nitrogen and oxygen atoms in total. The van der Waals surface area contributed by atoms with Gasteiger partial charge in [0.1, 0.15) is 0 Å². The zero-order chi connectivity index (χ0) is 31.2. The lowest BCUT2D eigenvalue weighted by molar-refractivity contribution is 1.08. The first-order chi connectivity index (χ1) is 23.3. The highest BCUT2D eigenvalue weighted by atomic mass is 32.1. The summed E-state index contributed by atoms with van der Waals surface area (Å²) in [5.74, 6) is 1.97. The molecule has 0 aliphatic heterocycles. The molecule has 47 heavy (non-hydrogen) atoms. The monoisotopic (exact) mass is 617 g/mol. The fraction of sp³-hybridized carbons (Fsp3) is 0. The van der Waals surface area contributed by atoms with Gasteiger partial charge in [0.15, 0.2) is 17.5 Å². The minimum atomic E-state index is 0.650. The first-order valence-electron chi connectivity index (χ1n) is 15.7. The minimum absolute atomic E-state index is 0.650. The van der Waals surface area contributed by atoms with Crippen molar-refractivity contribution in [2.45, 2.75) is 0 Å². The summed E-state index contributed by atoms with van der Waals surface area (Å²) in [7, 11) is 0. The van der Waals surface area contributed by atoms with Crippen LogP contribution in [0, 0.1) is 0 Å². The molecule has 2 aromatic heterocycles. The predicted octanol–water partition coefficient (Wildman–Crippen LogP) is 11.7. The van der Waals surface area contributed by atoms with E-state index in [9.17, 15) is 0 Å². The van der Waals surface area contributed by atoms with Crippen LogP contribution in [0.4, 0.5) is 0 Å². The van der Waals surface area contributed by atoms with Crippen LogP contribution < -0.4 is 0 Å². The van der Waals surface area contributed by atoms with Gasteiger partial charge in [-0.05, 0) is 57.3 Å². The van der Waals surface area contributed by atoms with Crippen molar-refractivity contribution in [2.75, 3.05) is 0 Å². The molecule has 0 aliphatic carbocycles. The summed E-state index contributed by atoms with van der Waals surface area (Å²) < 4.78 is 2.55. The molecule has 0 saturated carbocycles. The lowest BCUT2D eigenvalue weighted by Gasteiger charge is -2.11. The Bertz CT molecular complexity index is 2550. The van der Waals surface area contributed by atoms with E-state index < -0.39 is 0 Å². The Labute approximate surface area is 276 Å². The number of aromatic nitrogens is 3. The minimum Gasteiger partial charge on any atom is -0.208 e. The molecule has 0 bridgehead atoms. The number of fused-ring (bicyclic) bond motifs is 4. The van der Waals surface area contributed by atoms with Gasteiger partial charge in [-0.15, -0.1) is 11.3 Å². The maximum Gasteiger partial charge on any atom is 0.164 e. The van der Waals surface area contributed by atoms with E-state index in [4.69, 9.17) is 15.0 Å². The molecule has 0 unspecified atom stereocenters. The van der Waals surface area contributed by atoms with Gasteiger partial charge in [-0.1, -0.05) is 140 Å². The van der Waals surface area contributed by atoms with E-state index in [0.29, 0.717) is 17.5 Å². The number of benzene rings is 7. The maximum atomic E-state index is 5.14. The zero-order valence-corrected chi connectivity index (χ0v) is 26.2. The first kappa shape index (κ1) is 27.3. The van der Waals surface area contributed by atoms with Crippen molar-refractivity contribution in [3.63, 3.8) is 0 Å². The molecule has 0 saturated heterocycles. The van der Waals surface area contributed by atoms with Crippen LogP contribution in [-0.2, 0) is 0 Å². The average molecular weight is 618 g/mol. The van der Waals surface area contributed by atoms with Gasteiger partial charge in [0.05, 0.1) is 0 Å². The largest absolute Gasteiger partial charge is 0.208 e. The quantitative estimate of drug-likeness (QED) is 0.193. The Kier molecular flexibility index (Phi) is 6.65. The van der Waals surface area contributed by atoms with Gasteiger partial charge in [0, 0.05) is 36.9 Å². The third-order valence-corrected chi connectivity index (χ3v) is 9.87. The molecule has 0 fully saturated rings. The molecule has 9 aromatic rings. The van der Waals surface area contributed by atoms with E-state index in [1.165, 1.54) is 36.7 Å². The van der Waals surface area contributed by atoms with Crippen molar-refractivity contribution in [1.82, 2.24) is 15.0 Å². The summed E-state index contributed by atoms with van der Waals surface area (Å²) in [4.78, 5) is 15.2. The molecule has 4 heteroatoms. The third kappa shape index (κ3) is 5.05. The van der Waals surface area contributed by atoms with Crippen molar-refractivity contribution in [3.8, 4) is 56.4 Å². The highest BCUT2D eigenvalue weighted by molar-refractivity contribution is 7.25. The van der Waals surface area contributed by atoms with Crippen LogP contribution in [-0.4, -0.2) is 15.0 Å². The van der Waals surface area contributed by atoms with Gasteiger partial charge in [-0.25, -0.2) is 15.0 Å². The topological polar surface area (TPSA) is 38.7 Å². The van der Waals surface area contributed by atoms with Crippen LogP contribution in [0.3, 0.4) is 0 Å². The van der Waals surface area contributed by atoms with E-state index in [0.717, 1.165) is 33.2 Å². The second-order valence-electron chi connectivity index (χ2n) is 11.7. The van der Waals surface area contributed by atoms with Crippen LogP contribution in [0.2, 0.25) is 0 Å². The Hall–Kier alpha value is -5.97. The van der Waals surface area contributed by atoms with Gasteiger partial charge in [0.2, 0.25) is 0 Å². The molecular weight excluding hydrogens is 591 g/mol. The fourth-order valence-electron chi connectivity index (χ4n) is 6.36. The molecule has 0 aliphatic rings. The summed E-state index contributed by atoms with van der Waals surface area (Å²) in [5, 5.41) is 4.88. The smallest absolute Gasteiger partial charge is 0.164 e. The molecule has 0 radical (unpaired) electrons. The van der Waals surface area contributed by atoms with Gasteiger partial charge in [-0.2, -0.15) is 0 Å². The molecule has 0 amide bonds. The average Bonchev–Trinajstić information content (AvgIpc) is 3.52. The molecular formula is C43H27N3S. The van der Waals surface area contributed by atoms with Crippen molar-refractivity contribution < 1.29 is 0 Å². The Morgan fingerprint density at radius 3 is 1.68 bits per heavy atom. The number of nitrogens with zero attached hydrogens (tertiary/aromatic N) is 3. The van der Waals surface area contributed by atoms with E-state index in [2.05, 4.69) is 140 Å². The molecule has 220 valence electrons. The highest BCUT2D eigenvalue weighted by Crippen LogP contribution is 2.39. The van der Waals surface area contributed by atoms with Crippen molar-refractivity contribution >= 4 is 42.3 Å². The second kappa shape index (κ2) is 11.4. The van der Waals surface area contributed by atoms with E-state index >= 15 is 0 Å². The lowest BCUT2D eigenvalue weighted by atomic mass is 9.99. The third-order valence-electron chi connectivity index (χ3n) is 8.73. The van der Waals surface area contributed by atoms with E-state index in [-0.39, 0.29) is 0 Å². The standard InChI is InChI=1S/C43H27N3S/c1-3-11-28(12-4-1)29-21-23-30(24-22-29)32-15-9-17-34(25-32)42-44-41(31-13-5-2-6-14-31)45-43(46-42)36-19-10-16-33-26-38-35-18-7-8-20-39(35)47-40(38)27-37(33)36/h1-27H. The van der Waals surface area contributed by atoms with Crippen molar-refractivity contribution in [1.29, 1.82) is 0 Å². The number of hydrogen-bond donors (Lipinski definition) is 0. The van der Waals surface area contributed by atoms with Crippen LogP contribution in [0.25, 0.3) is 87.4 Å². The van der Waals surface area contributed by atoms with Crippen molar-refractivity contribution in [2.24, 2.45) is 0 Å². The summed E-state index contributed by atoms with van der Waals surface area (Å²) in [6, 6.07) is 57.5. The first-order valence-corrected chi connectivity index (χ1v) is 16.5. The van der Waals surface area contributed by atoms with Gasteiger partial charge < -0.3 is 0 Å². The molecule has 0 N–H and O–H groups in total. The van der Waals surface area contributed by atoms with E-state index in [1.807, 2.05) is 35.6 Å². The summed E-state index contributed by atoms with van der Waals surface area (Å²) in [5.41, 5.74) is 7.56. The molecule has 2 heterocycles. The number of rotatable bonds is 5. The summed E-state index contributed by atoms with van der Waals surface area (Å²) in [6.45, 7) is 0. The van der Waals surface area contributed by atoms with Gasteiger partial charge in [0.25, 0.3) is 0 Å². The number of hydrogen-bond acceptors (Lipinski definition) is 4. The number of thiophene rings is 1. The molecule has 0 spiro atoms.